The molecular weight excluding hydrogens is 333 g/mol. The molecule has 0 N–H and O–H groups in total. The van der Waals surface area contributed by atoms with Gasteiger partial charge in [-0.05, 0) is 37.3 Å². The molecule has 0 fully saturated rings. The lowest BCUT2D eigenvalue weighted by atomic mass is 10.2. The third-order valence-corrected chi connectivity index (χ3v) is 5.24. The van der Waals surface area contributed by atoms with E-state index in [1.54, 1.807) is 19.1 Å². The van der Waals surface area contributed by atoms with Gasteiger partial charge >= 0.3 is 5.97 Å². The highest BCUT2D eigenvalue weighted by molar-refractivity contribution is 7.89. The highest BCUT2D eigenvalue weighted by Gasteiger charge is 2.22. The second-order valence-electron chi connectivity index (χ2n) is 5.10. The minimum absolute atomic E-state index is 0.0226. The summed E-state index contributed by atoms with van der Waals surface area (Å²) in [6.07, 6.45) is 0. The maximum atomic E-state index is 13.7. The lowest BCUT2D eigenvalue weighted by molar-refractivity contribution is 0.0526. The highest BCUT2D eigenvalue weighted by Crippen LogP contribution is 2.19. The van der Waals surface area contributed by atoms with Crippen LogP contribution in [0.1, 0.15) is 22.8 Å². The average Bonchev–Trinajstić information content (AvgIpc) is 2.57. The van der Waals surface area contributed by atoms with E-state index in [9.17, 15) is 17.6 Å². The van der Waals surface area contributed by atoms with Gasteiger partial charge in [0.15, 0.2) is 0 Å². The molecule has 0 bridgehead atoms. The van der Waals surface area contributed by atoms with Crippen molar-refractivity contribution in [2.24, 2.45) is 0 Å². The summed E-state index contributed by atoms with van der Waals surface area (Å²) in [6.45, 7) is 1.84. The maximum absolute atomic E-state index is 13.7. The topological polar surface area (TPSA) is 63.7 Å². The van der Waals surface area contributed by atoms with Crippen LogP contribution in [0.25, 0.3) is 0 Å². The summed E-state index contributed by atoms with van der Waals surface area (Å²) in [5.41, 5.74) is 0.555. The molecule has 2 aromatic carbocycles. The zero-order chi connectivity index (χ0) is 17.7. The molecule has 0 heterocycles. The average molecular weight is 351 g/mol. The normalized spacial score (nSPS) is 11.5. The smallest absolute Gasteiger partial charge is 0.338 e. The first-order chi connectivity index (χ1) is 11.4. The SMILES string of the molecule is CCOC(=O)c1ccc(S(=O)(=O)N(C)Cc2ccccc2F)cc1. The minimum Gasteiger partial charge on any atom is -0.462 e. The third-order valence-electron chi connectivity index (χ3n) is 3.42. The van der Waals surface area contributed by atoms with Crippen LogP contribution in [0.3, 0.4) is 0 Å². The van der Waals surface area contributed by atoms with Crippen molar-refractivity contribution in [3.05, 3.63) is 65.5 Å². The number of esters is 1. The van der Waals surface area contributed by atoms with Crippen molar-refractivity contribution >= 4 is 16.0 Å². The Labute approximate surface area is 140 Å². The Kier molecular flexibility index (Phi) is 5.69. The van der Waals surface area contributed by atoms with Crippen molar-refractivity contribution in [3.8, 4) is 0 Å². The number of hydrogen-bond acceptors (Lipinski definition) is 4. The summed E-state index contributed by atoms with van der Waals surface area (Å²) in [5, 5.41) is 0. The standard InChI is InChI=1S/C17H18FNO4S/c1-3-23-17(20)13-8-10-15(11-9-13)24(21,22)19(2)12-14-6-4-5-7-16(14)18/h4-11H,3,12H2,1-2H3. The number of rotatable bonds is 6. The molecule has 0 unspecified atom stereocenters. The van der Waals surface area contributed by atoms with Crippen molar-refractivity contribution < 1.29 is 22.3 Å². The second kappa shape index (κ2) is 7.55. The van der Waals surface area contributed by atoms with Gasteiger partial charge in [0.05, 0.1) is 17.1 Å². The largest absolute Gasteiger partial charge is 0.462 e. The Morgan fingerprint density at radius 3 is 2.33 bits per heavy atom. The fourth-order valence-electron chi connectivity index (χ4n) is 2.11. The Balaban J connectivity index is 2.20. The Morgan fingerprint density at radius 1 is 1.12 bits per heavy atom. The van der Waals surface area contributed by atoms with Crippen molar-refractivity contribution in [3.63, 3.8) is 0 Å². The van der Waals surface area contributed by atoms with E-state index in [1.807, 2.05) is 0 Å². The molecule has 0 atom stereocenters. The lowest BCUT2D eigenvalue weighted by Gasteiger charge is -2.17. The molecule has 0 saturated heterocycles. The van der Waals surface area contributed by atoms with Crippen LogP contribution in [0.2, 0.25) is 0 Å². The van der Waals surface area contributed by atoms with Gasteiger partial charge in [-0.15, -0.1) is 0 Å². The molecule has 2 aromatic rings. The van der Waals surface area contributed by atoms with E-state index < -0.39 is 21.8 Å². The van der Waals surface area contributed by atoms with Gasteiger partial charge in [0, 0.05) is 19.2 Å². The Hall–Kier alpha value is -2.25. The fraction of sp³-hybridized carbons (Fsp3) is 0.235. The molecular formula is C17H18FNO4S. The molecule has 5 nitrogen and oxygen atoms in total. The molecule has 0 aromatic heterocycles. The summed E-state index contributed by atoms with van der Waals surface area (Å²) in [4.78, 5) is 11.6. The molecule has 0 aliphatic carbocycles. The first kappa shape index (κ1) is 18.1. The summed E-state index contributed by atoms with van der Waals surface area (Å²) in [6, 6.07) is 11.5. The van der Waals surface area contributed by atoms with Crippen LogP contribution < -0.4 is 0 Å². The number of nitrogens with zero attached hydrogens (tertiary/aromatic N) is 1. The van der Waals surface area contributed by atoms with Crippen molar-refractivity contribution in [2.45, 2.75) is 18.4 Å². The predicted molar refractivity (Wildman–Crippen MR) is 87.5 cm³/mol. The van der Waals surface area contributed by atoms with Crippen LogP contribution in [0.5, 0.6) is 0 Å². The van der Waals surface area contributed by atoms with Crippen molar-refractivity contribution in [1.29, 1.82) is 0 Å². The molecule has 0 saturated carbocycles. The van der Waals surface area contributed by atoms with Gasteiger partial charge in [-0.2, -0.15) is 4.31 Å². The van der Waals surface area contributed by atoms with E-state index in [0.717, 1.165) is 4.31 Å². The zero-order valence-electron chi connectivity index (χ0n) is 13.4. The number of sulfonamides is 1. The number of carbonyl (C=O) groups excluding carboxylic acids is 1. The molecule has 7 heteroatoms. The van der Waals surface area contributed by atoms with Gasteiger partial charge < -0.3 is 4.74 Å². The molecule has 0 amide bonds. The fourth-order valence-corrected chi connectivity index (χ4v) is 3.26. The second-order valence-corrected chi connectivity index (χ2v) is 7.14. The molecule has 128 valence electrons. The number of hydrogen-bond donors (Lipinski definition) is 0. The summed E-state index contributed by atoms with van der Waals surface area (Å²) < 4.78 is 44.7. The van der Waals surface area contributed by atoms with Crippen LogP contribution in [0, 0.1) is 5.82 Å². The molecule has 0 spiro atoms. The van der Waals surface area contributed by atoms with Crippen molar-refractivity contribution in [2.75, 3.05) is 13.7 Å². The Morgan fingerprint density at radius 2 is 1.75 bits per heavy atom. The molecule has 2 rings (SSSR count). The van der Waals surface area contributed by atoms with Gasteiger partial charge in [0.2, 0.25) is 10.0 Å². The van der Waals surface area contributed by atoms with E-state index in [2.05, 4.69) is 0 Å². The van der Waals surface area contributed by atoms with E-state index in [1.165, 1.54) is 43.4 Å². The minimum atomic E-state index is -3.79. The van der Waals surface area contributed by atoms with Crippen LogP contribution >= 0.6 is 0 Å². The van der Waals surface area contributed by atoms with Gasteiger partial charge in [0.1, 0.15) is 5.82 Å². The van der Waals surface area contributed by atoms with Gasteiger partial charge in [-0.1, -0.05) is 18.2 Å². The number of ether oxygens (including phenoxy) is 1. The molecule has 0 radical (unpaired) electrons. The predicted octanol–water partition coefficient (Wildman–Crippen LogP) is 2.82. The zero-order valence-corrected chi connectivity index (χ0v) is 14.2. The van der Waals surface area contributed by atoms with E-state index in [-0.39, 0.29) is 29.2 Å². The summed E-state index contributed by atoms with van der Waals surface area (Å²) in [7, 11) is -2.42. The van der Waals surface area contributed by atoms with E-state index >= 15 is 0 Å². The van der Waals surface area contributed by atoms with Gasteiger partial charge in [-0.25, -0.2) is 17.6 Å². The quantitative estimate of drug-likeness (QED) is 0.751. The monoisotopic (exact) mass is 351 g/mol. The van der Waals surface area contributed by atoms with Gasteiger partial charge in [0.25, 0.3) is 0 Å². The van der Waals surface area contributed by atoms with Crippen LogP contribution in [-0.4, -0.2) is 32.3 Å². The first-order valence-electron chi connectivity index (χ1n) is 7.33. The highest BCUT2D eigenvalue weighted by atomic mass is 32.2. The number of benzene rings is 2. The van der Waals surface area contributed by atoms with Crippen molar-refractivity contribution in [1.82, 2.24) is 4.31 Å². The van der Waals surface area contributed by atoms with Crippen LogP contribution in [-0.2, 0) is 21.3 Å². The van der Waals surface area contributed by atoms with Crippen LogP contribution in [0.4, 0.5) is 4.39 Å². The number of halogens is 1. The molecule has 0 aliphatic heterocycles. The summed E-state index contributed by atoms with van der Waals surface area (Å²) >= 11 is 0. The molecule has 0 aliphatic rings. The third kappa shape index (κ3) is 3.98. The summed E-state index contributed by atoms with van der Waals surface area (Å²) in [5.74, 6) is -0.974. The van der Waals surface area contributed by atoms with Crippen LogP contribution in [0.15, 0.2) is 53.4 Å². The molecule has 24 heavy (non-hydrogen) atoms. The van der Waals surface area contributed by atoms with Gasteiger partial charge in [-0.3, -0.25) is 0 Å². The van der Waals surface area contributed by atoms with E-state index in [0.29, 0.717) is 0 Å². The number of carbonyl (C=O) groups is 1. The lowest BCUT2D eigenvalue weighted by Crippen LogP contribution is -2.27. The maximum Gasteiger partial charge on any atom is 0.338 e. The Bertz CT molecular complexity index is 819. The van der Waals surface area contributed by atoms with E-state index in [4.69, 9.17) is 4.74 Å². The first-order valence-corrected chi connectivity index (χ1v) is 8.77.